The molecule has 3 rings (SSSR count). The Morgan fingerprint density at radius 2 is 1.84 bits per heavy atom. The van der Waals surface area contributed by atoms with Crippen LogP contribution in [0.1, 0.15) is 43.7 Å². The monoisotopic (exact) mass is 464 g/mol. The number of sulfonamides is 1. The molecule has 2 aromatic carbocycles. The maximum absolute atomic E-state index is 13.3. The van der Waals surface area contributed by atoms with Crippen LogP contribution in [0.3, 0.4) is 0 Å². The molecule has 1 heterocycles. The minimum atomic E-state index is -3.72. The number of aryl methyl sites for hydroxylation is 1. The number of hydrogen-bond acceptors (Lipinski definition) is 4. The molecule has 1 saturated heterocycles. The van der Waals surface area contributed by atoms with Gasteiger partial charge in [-0.1, -0.05) is 31.5 Å². The number of rotatable bonds is 6. The third-order valence-corrected chi connectivity index (χ3v) is 7.90. The fourth-order valence-electron chi connectivity index (χ4n) is 3.75. The van der Waals surface area contributed by atoms with Crippen LogP contribution in [0.15, 0.2) is 41.3 Å². The lowest BCUT2D eigenvalue weighted by molar-refractivity contribution is -0.120. The van der Waals surface area contributed by atoms with Crippen molar-refractivity contribution in [3.05, 3.63) is 52.5 Å². The molecule has 1 N–H and O–H groups in total. The maximum atomic E-state index is 13.3. The Kier molecular flexibility index (Phi) is 7.29. The molecule has 2 aromatic rings. The van der Waals surface area contributed by atoms with E-state index >= 15 is 0 Å². The normalized spacial score (nSPS) is 15.8. The summed E-state index contributed by atoms with van der Waals surface area (Å²) < 4.78 is 33.4. The van der Waals surface area contributed by atoms with Crippen molar-refractivity contribution < 1.29 is 17.9 Å². The standard InChI is InChI=1S/C23H29ClN2O4S/c1-15(2)18-5-8-21(30-4)22(14-18)31(28,29)26-11-9-17(10-12-26)23(27)25-20-7-6-19(24)13-16(20)3/h5-8,13-15,17H,9-12H2,1-4H3,(H,25,27). The maximum Gasteiger partial charge on any atom is 0.246 e. The van der Waals surface area contributed by atoms with Crippen LogP contribution >= 0.6 is 11.6 Å². The van der Waals surface area contributed by atoms with Crippen molar-refractivity contribution in [1.82, 2.24) is 4.31 Å². The lowest BCUT2D eigenvalue weighted by Gasteiger charge is -2.31. The number of ether oxygens (including phenoxy) is 1. The van der Waals surface area contributed by atoms with Gasteiger partial charge < -0.3 is 10.1 Å². The molecule has 1 fully saturated rings. The van der Waals surface area contributed by atoms with E-state index < -0.39 is 10.0 Å². The van der Waals surface area contributed by atoms with Gasteiger partial charge in [0, 0.05) is 29.7 Å². The molecule has 0 atom stereocenters. The average Bonchev–Trinajstić information content (AvgIpc) is 2.75. The highest BCUT2D eigenvalue weighted by molar-refractivity contribution is 7.89. The van der Waals surface area contributed by atoms with Gasteiger partial charge in [-0.2, -0.15) is 4.31 Å². The molecule has 8 heteroatoms. The van der Waals surface area contributed by atoms with Crippen LogP contribution in [0.5, 0.6) is 5.75 Å². The topological polar surface area (TPSA) is 75.7 Å². The molecule has 0 radical (unpaired) electrons. The summed E-state index contributed by atoms with van der Waals surface area (Å²) in [7, 11) is -2.25. The summed E-state index contributed by atoms with van der Waals surface area (Å²) in [5, 5.41) is 3.56. The summed E-state index contributed by atoms with van der Waals surface area (Å²) >= 11 is 5.98. The van der Waals surface area contributed by atoms with E-state index in [1.807, 2.05) is 26.8 Å². The van der Waals surface area contributed by atoms with Crippen LogP contribution < -0.4 is 10.1 Å². The minimum Gasteiger partial charge on any atom is -0.495 e. The zero-order chi connectivity index (χ0) is 22.8. The molecular formula is C23H29ClN2O4S. The zero-order valence-corrected chi connectivity index (χ0v) is 19.9. The van der Waals surface area contributed by atoms with E-state index in [0.29, 0.717) is 23.6 Å². The molecular weight excluding hydrogens is 436 g/mol. The van der Waals surface area contributed by atoms with E-state index in [1.54, 1.807) is 30.3 Å². The predicted octanol–water partition coefficient (Wildman–Crippen LogP) is 4.82. The molecule has 1 amide bonds. The van der Waals surface area contributed by atoms with Crippen molar-refractivity contribution in [3.63, 3.8) is 0 Å². The molecule has 6 nitrogen and oxygen atoms in total. The van der Waals surface area contributed by atoms with E-state index in [9.17, 15) is 13.2 Å². The lowest BCUT2D eigenvalue weighted by atomic mass is 9.97. The van der Waals surface area contributed by atoms with Gasteiger partial charge in [0.2, 0.25) is 15.9 Å². The Bertz CT molecular complexity index is 1060. The summed E-state index contributed by atoms with van der Waals surface area (Å²) in [6.45, 7) is 6.49. The predicted molar refractivity (Wildman–Crippen MR) is 123 cm³/mol. The molecule has 0 saturated carbocycles. The van der Waals surface area contributed by atoms with E-state index in [4.69, 9.17) is 16.3 Å². The second kappa shape index (κ2) is 9.59. The molecule has 0 bridgehead atoms. The molecule has 1 aliphatic heterocycles. The molecule has 0 spiro atoms. The van der Waals surface area contributed by atoms with Gasteiger partial charge in [-0.3, -0.25) is 4.79 Å². The Hall–Kier alpha value is -2.09. The van der Waals surface area contributed by atoms with E-state index in [1.165, 1.54) is 11.4 Å². The highest BCUT2D eigenvalue weighted by Gasteiger charge is 2.34. The number of carbonyl (C=O) groups is 1. The molecule has 168 valence electrons. The van der Waals surface area contributed by atoms with E-state index in [-0.39, 0.29) is 35.7 Å². The van der Waals surface area contributed by atoms with Gasteiger partial charge in [-0.05, 0) is 67.1 Å². The first-order valence-corrected chi connectivity index (χ1v) is 12.2. The summed E-state index contributed by atoms with van der Waals surface area (Å²) in [4.78, 5) is 12.9. The van der Waals surface area contributed by atoms with Gasteiger partial charge >= 0.3 is 0 Å². The number of nitrogens with one attached hydrogen (secondary N) is 1. The Balaban J connectivity index is 1.71. The molecule has 0 unspecified atom stereocenters. The van der Waals surface area contributed by atoms with Gasteiger partial charge in [0.25, 0.3) is 0 Å². The molecule has 1 aliphatic rings. The first-order valence-electron chi connectivity index (χ1n) is 10.4. The first-order chi connectivity index (χ1) is 14.6. The minimum absolute atomic E-state index is 0.0955. The first kappa shape index (κ1) is 23.6. The van der Waals surface area contributed by atoms with Crippen LogP contribution in [-0.2, 0) is 14.8 Å². The SMILES string of the molecule is COc1ccc(C(C)C)cc1S(=O)(=O)N1CCC(C(=O)Nc2ccc(Cl)cc2C)CC1. The van der Waals surface area contributed by atoms with Gasteiger partial charge in [0.05, 0.1) is 7.11 Å². The van der Waals surface area contributed by atoms with Crippen molar-refractivity contribution in [2.75, 3.05) is 25.5 Å². The Morgan fingerprint density at radius 3 is 2.42 bits per heavy atom. The average molecular weight is 465 g/mol. The number of benzene rings is 2. The zero-order valence-electron chi connectivity index (χ0n) is 18.3. The van der Waals surface area contributed by atoms with Gasteiger partial charge in [0.1, 0.15) is 10.6 Å². The third kappa shape index (κ3) is 5.22. The third-order valence-electron chi connectivity index (χ3n) is 5.74. The lowest BCUT2D eigenvalue weighted by Crippen LogP contribution is -2.41. The van der Waals surface area contributed by atoms with Crippen LogP contribution in [0.4, 0.5) is 5.69 Å². The summed E-state index contributed by atoms with van der Waals surface area (Å²) in [5.74, 6) is 0.195. The largest absolute Gasteiger partial charge is 0.495 e. The highest BCUT2D eigenvalue weighted by atomic mass is 35.5. The molecule has 0 aromatic heterocycles. The van der Waals surface area contributed by atoms with Crippen LogP contribution in [0, 0.1) is 12.8 Å². The highest BCUT2D eigenvalue weighted by Crippen LogP contribution is 2.32. The number of anilines is 1. The van der Waals surface area contributed by atoms with E-state index in [0.717, 1.165) is 16.8 Å². The fourth-order valence-corrected chi connectivity index (χ4v) is 5.64. The number of carbonyl (C=O) groups excluding carboxylic acids is 1. The summed E-state index contributed by atoms with van der Waals surface area (Å²) in [6.07, 6.45) is 0.924. The Morgan fingerprint density at radius 1 is 1.16 bits per heavy atom. The van der Waals surface area contributed by atoms with Crippen molar-refractivity contribution in [1.29, 1.82) is 0 Å². The number of nitrogens with zero attached hydrogens (tertiary/aromatic N) is 1. The van der Waals surface area contributed by atoms with Gasteiger partial charge in [-0.25, -0.2) is 8.42 Å². The Labute approximate surface area is 189 Å². The fraction of sp³-hybridized carbons (Fsp3) is 0.435. The van der Waals surface area contributed by atoms with Gasteiger partial charge in [-0.15, -0.1) is 0 Å². The number of methoxy groups -OCH3 is 1. The number of piperidine rings is 1. The van der Waals surface area contributed by atoms with Gasteiger partial charge in [0.15, 0.2) is 0 Å². The number of amides is 1. The van der Waals surface area contributed by atoms with Crippen LogP contribution in [-0.4, -0.2) is 38.8 Å². The summed E-state index contributed by atoms with van der Waals surface area (Å²) in [5.41, 5.74) is 2.55. The number of hydrogen-bond donors (Lipinski definition) is 1. The molecule has 0 aliphatic carbocycles. The second-order valence-corrected chi connectivity index (χ2v) is 10.5. The number of halogens is 1. The smallest absolute Gasteiger partial charge is 0.246 e. The van der Waals surface area contributed by atoms with E-state index in [2.05, 4.69) is 5.32 Å². The van der Waals surface area contributed by atoms with Crippen molar-refractivity contribution in [2.24, 2.45) is 5.92 Å². The van der Waals surface area contributed by atoms with Crippen LogP contribution in [0.25, 0.3) is 0 Å². The van der Waals surface area contributed by atoms with Crippen LogP contribution in [0.2, 0.25) is 5.02 Å². The second-order valence-electron chi connectivity index (χ2n) is 8.19. The van der Waals surface area contributed by atoms with Crippen molar-refractivity contribution >= 4 is 33.2 Å². The molecule has 31 heavy (non-hydrogen) atoms. The van der Waals surface area contributed by atoms with Crippen molar-refractivity contribution in [3.8, 4) is 5.75 Å². The van der Waals surface area contributed by atoms with Crippen molar-refractivity contribution in [2.45, 2.75) is 44.4 Å². The summed E-state index contributed by atoms with van der Waals surface area (Å²) in [6, 6.07) is 10.6. The quantitative estimate of drug-likeness (QED) is 0.664.